The number of rotatable bonds is 5. The summed E-state index contributed by atoms with van der Waals surface area (Å²) in [5, 5.41) is 3.47. The number of benzene rings is 1. The van der Waals surface area contributed by atoms with Crippen LogP contribution in [0.4, 0.5) is 4.39 Å². The molecule has 1 aromatic heterocycles. The largest absolute Gasteiger partial charge is 0.380 e. The van der Waals surface area contributed by atoms with Gasteiger partial charge in [0.2, 0.25) is 0 Å². The van der Waals surface area contributed by atoms with Gasteiger partial charge in [0.1, 0.15) is 11.6 Å². The molecule has 19 heavy (non-hydrogen) atoms. The van der Waals surface area contributed by atoms with Gasteiger partial charge >= 0.3 is 0 Å². The van der Waals surface area contributed by atoms with Crippen molar-refractivity contribution in [2.75, 3.05) is 19.8 Å². The third kappa shape index (κ3) is 3.11. The third-order valence-electron chi connectivity index (χ3n) is 3.45. The normalized spacial score (nSPS) is 19.3. The molecule has 0 saturated carbocycles. The smallest absolute Gasteiger partial charge is 0.125 e. The van der Waals surface area contributed by atoms with Crippen molar-refractivity contribution in [1.82, 2.24) is 15.3 Å². The molecular formula is C14H18FN3O. The molecule has 0 aliphatic carbocycles. The van der Waals surface area contributed by atoms with Gasteiger partial charge in [0.25, 0.3) is 0 Å². The SMILES string of the molecule is Fc1ccc2nc(CCCN[C@H]3CCOC3)[nH]c2c1. The van der Waals surface area contributed by atoms with E-state index in [2.05, 4.69) is 15.3 Å². The molecule has 0 bridgehead atoms. The molecule has 2 heterocycles. The Bertz CT molecular complexity index is 549. The van der Waals surface area contributed by atoms with E-state index < -0.39 is 0 Å². The van der Waals surface area contributed by atoms with Crippen molar-refractivity contribution >= 4 is 11.0 Å². The summed E-state index contributed by atoms with van der Waals surface area (Å²) in [5.41, 5.74) is 1.60. The maximum Gasteiger partial charge on any atom is 0.125 e. The number of hydrogen-bond donors (Lipinski definition) is 2. The molecule has 1 aliphatic rings. The van der Waals surface area contributed by atoms with Crippen LogP contribution in [0.3, 0.4) is 0 Å². The zero-order valence-corrected chi connectivity index (χ0v) is 10.8. The average molecular weight is 263 g/mol. The second-order valence-electron chi connectivity index (χ2n) is 4.96. The summed E-state index contributed by atoms with van der Waals surface area (Å²) in [7, 11) is 0. The Morgan fingerprint density at radius 2 is 2.42 bits per heavy atom. The third-order valence-corrected chi connectivity index (χ3v) is 3.45. The topological polar surface area (TPSA) is 49.9 Å². The molecule has 1 aromatic carbocycles. The number of nitrogens with zero attached hydrogens (tertiary/aromatic N) is 1. The standard InChI is InChI=1S/C14H18FN3O/c15-10-3-4-12-13(8-10)18-14(17-12)2-1-6-16-11-5-7-19-9-11/h3-4,8,11,16H,1-2,5-7,9H2,(H,17,18)/t11-/m0/s1. The second-order valence-corrected chi connectivity index (χ2v) is 4.96. The van der Waals surface area contributed by atoms with E-state index in [1.54, 1.807) is 6.07 Å². The van der Waals surface area contributed by atoms with Gasteiger partial charge in [-0.2, -0.15) is 0 Å². The number of aromatic amines is 1. The molecule has 3 rings (SSSR count). The Hall–Kier alpha value is -1.46. The van der Waals surface area contributed by atoms with Gasteiger partial charge in [-0.25, -0.2) is 9.37 Å². The zero-order chi connectivity index (χ0) is 13.1. The molecule has 2 N–H and O–H groups in total. The lowest BCUT2D eigenvalue weighted by Gasteiger charge is -2.09. The Morgan fingerprint density at radius 1 is 1.47 bits per heavy atom. The molecule has 0 spiro atoms. The molecule has 1 saturated heterocycles. The number of aryl methyl sites for hydroxylation is 1. The predicted molar refractivity (Wildman–Crippen MR) is 71.6 cm³/mol. The van der Waals surface area contributed by atoms with E-state index in [1.165, 1.54) is 12.1 Å². The fraction of sp³-hybridized carbons (Fsp3) is 0.500. The number of aromatic nitrogens is 2. The average Bonchev–Trinajstić information content (AvgIpc) is 3.02. The van der Waals surface area contributed by atoms with Gasteiger partial charge < -0.3 is 15.0 Å². The summed E-state index contributed by atoms with van der Waals surface area (Å²) >= 11 is 0. The van der Waals surface area contributed by atoms with Crippen molar-refractivity contribution in [1.29, 1.82) is 0 Å². The van der Waals surface area contributed by atoms with Crippen LogP contribution in [-0.2, 0) is 11.2 Å². The quantitative estimate of drug-likeness (QED) is 0.811. The Balaban J connectivity index is 1.50. The van der Waals surface area contributed by atoms with Gasteiger partial charge in [-0.05, 0) is 37.6 Å². The minimum Gasteiger partial charge on any atom is -0.380 e. The van der Waals surface area contributed by atoms with Gasteiger partial charge in [0.15, 0.2) is 0 Å². The van der Waals surface area contributed by atoms with Crippen molar-refractivity contribution in [2.45, 2.75) is 25.3 Å². The number of imidazole rings is 1. The van der Waals surface area contributed by atoms with Crippen molar-refractivity contribution in [2.24, 2.45) is 0 Å². The van der Waals surface area contributed by atoms with Crippen molar-refractivity contribution < 1.29 is 9.13 Å². The van der Waals surface area contributed by atoms with E-state index in [-0.39, 0.29) is 5.82 Å². The Morgan fingerprint density at radius 3 is 3.26 bits per heavy atom. The van der Waals surface area contributed by atoms with Crippen LogP contribution < -0.4 is 5.32 Å². The van der Waals surface area contributed by atoms with Crippen LogP contribution in [0.1, 0.15) is 18.7 Å². The first-order chi connectivity index (χ1) is 9.31. The number of ether oxygens (including phenoxy) is 1. The summed E-state index contributed by atoms with van der Waals surface area (Å²) in [5.74, 6) is 0.690. The number of fused-ring (bicyclic) bond motifs is 1. The van der Waals surface area contributed by atoms with Gasteiger partial charge in [-0.3, -0.25) is 0 Å². The fourth-order valence-corrected chi connectivity index (χ4v) is 2.41. The molecule has 1 aliphatic heterocycles. The van der Waals surface area contributed by atoms with Crippen molar-refractivity contribution in [3.63, 3.8) is 0 Å². The lowest BCUT2D eigenvalue weighted by atomic mass is 10.2. The second kappa shape index (κ2) is 5.67. The minimum absolute atomic E-state index is 0.231. The summed E-state index contributed by atoms with van der Waals surface area (Å²) < 4.78 is 18.4. The molecule has 2 aromatic rings. The van der Waals surface area contributed by atoms with Crippen molar-refractivity contribution in [3.8, 4) is 0 Å². The predicted octanol–water partition coefficient (Wildman–Crippen LogP) is 2.01. The number of nitrogens with one attached hydrogen (secondary N) is 2. The maximum absolute atomic E-state index is 13.1. The highest BCUT2D eigenvalue weighted by Crippen LogP contribution is 2.13. The number of H-pyrrole nitrogens is 1. The van der Waals surface area contributed by atoms with Gasteiger partial charge in [-0.15, -0.1) is 0 Å². The molecule has 0 radical (unpaired) electrons. The van der Waals surface area contributed by atoms with E-state index >= 15 is 0 Å². The monoisotopic (exact) mass is 263 g/mol. The zero-order valence-electron chi connectivity index (χ0n) is 10.8. The minimum atomic E-state index is -0.231. The first-order valence-electron chi connectivity index (χ1n) is 6.76. The van der Waals surface area contributed by atoms with Crippen LogP contribution >= 0.6 is 0 Å². The van der Waals surface area contributed by atoms with Crippen LogP contribution in [0.25, 0.3) is 11.0 Å². The summed E-state index contributed by atoms with van der Waals surface area (Å²) in [6, 6.07) is 5.14. The van der Waals surface area contributed by atoms with Gasteiger partial charge in [0.05, 0.1) is 17.6 Å². The van der Waals surface area contributed by atoms with E-state index in [0.717, 1.165) is 55.9 Å². The first-order valence-corrected chi connectivity index (χ1v) is 6.76. The fourth-order valence-electron chi connectivity index (χ4n) is 2.41. The summed E-state index contributed by atoms with van der Waals surface area (Å²) in [4.78, 5) is 7.61. The lowest BCUT2D eigenvalue weighted by Crippen LogP contribution is -2.30. The molecular weight excluding hydrogens is 245 g/mol. The first kappa shape index (κ1) is 12.6. The molecule has 5 heteroatoms. The lowest BCUT2D eigenvalue weighted by molar-refractivity contribution is 0.190. The highest BCUT2D eigenvalue weighted by molar-refractivity contribution is 5.74. The van der Waals surface area contributed by atoms with Crippen LogP contribution in [0.15, 0.2) is 18.2 Å². The molecule has 1 atom stereocenters. The van der Waals surface area contributed by atoms with E-state index in [4.69, 9.17) is 4.74 Å². The molecule has 102 valence electrons. The highest BCUT2D eigenvalue weighted by atomic mass is 19.1. The Labute approximate surface area is 111 Å². The Kier molecular flexibility index (Phi) is 3.75. The summed E-state index contributed by atoms with van der Waals surface area (Å²) in [6.45, 7) is 2.65. The number of halogens is 1. The van der Waals surface area contributed by atoms with Crippen LogP contribution in [0, 0.1) is 5.82 Å². The van der Waals surface area contributed by atoms with E-state index in [1.807, 2.05) is 0 Å². The molecule has 0 unspecified atom stereocenters. The van der Waals surface area contributed by atoms with E-state index in [0.29, 0.717) is 6.04 Å². The maximum atomic E-state index is 13.1. The van der Waals surface area contributed by atoms with Crippen molar-refractivity contribution in [3.05, 3.63) is 29.8 Å². The van der Waals surface area contributed by atoms with Gasteiger partial charge in [-0.1, -0.05) is 0 Å². The molecule has 4 nitrogen and oxygen atoms in total. The van der Waals surface area contributed by atoms with Crippen LogP contribution in [0.5, 0.6) is 0 Å². The molecule has 0 amide bonds. The van der Waals surface area contributed by atoms with Gasteiger partial charge in [0, 0.05) is 19.1 Å². The number of hydrogen-bond acceptors (Lipinski definition) is 3. The van der Waals surface area contributed by atoms with E-state index in [9.17, 15) is 4.39 Å². The highest BCUT2D eigenvalue weighted by Gasteiger charge is 2.13. The summed E-state index contributed by atoms with van der Waals surface area (Å²) in [6.07, 6.45) is 2.99. The molecule has 1 fully saturated rings. The van der Waals surface area contributed by atoms with Crippen LogP contribution in [0.2, 0.25) is 0 Å². The van der Waals surface area contributed by atoms with Crippen LogP contribution in [-0.4, -0.2) is 35.8 Å².